The molecule has 0 radical (unpaired) electrons. The maximum atomic E-state index is 13.4. The van der Waals surface area contributed by atoms with E-state index < -0.39 is 0 Å². The normalized spacial score (nSPS) is 18.9. The molecule has 3 aromatic rings. The van der Waals surface area contributed by atoms with Crippen LogP contribution in [0.1, 0.15) is 42.2 Å². The Morgan fingerprint density at radius 3 is 2.45 bits per heavy atom. The summed E-state index contributed by atoms with van der Waals surface area (Å²) in [6.45, 7) is 2.57. The van der Waals surface area contributed by atoms with Gasteiger partial charge in [-0.25, -0.2) is 4.39 Å². The van der Waals surface area contributed by atoms with Gasteiger partial charge in [0.15, 0.2) is 0 Å². The molecule has 0 amide bonds. The van der Waals surface area contributed by atoms with E-state index in [2.05, 4.69) is 5.32 Å². The monoisotopic (exact) mass is 390 g/mol. The van der Waals surface area contributed by atoms with E-state index in [1.165, 1.54) is 12.1 Å². The Labute approximate surface area is 169 Å². The molecular weight excluding hydrogens is 367 g/mol. The van der Waals surface area contributed by atoms with Crippen LogP contribution in [-0.4, -0.2) is 17.4 Å². The summed E-state index contributed by atoms with van der Waals surface area (Å²) in [6.07, 6.45) is 0.291. The molecule has 0 saturated carbocycles. The van der Waals surface area contributed by atoms with Gasteiger partial charge in [-0.3, -0.25) is 10.3 Å². The topological polar surface area (TPSA) is 53.8 Å². The largest absolute Gasteiger partial charge is 0.508 e. The van der Waals surface area contributed by atoms with E-state index >= 15 is 0 Å². The van der Waals surface area contributed by atoms with Gasteiger partial charge in [0.05, 0.1) is 6.61 Å². The highest BCUT2D eigenvalue weighted by Crippen LogP contribution is 2.34. The van der Waals surface area contributed by atoms with E-state index in [1.807, 2.05) is 43.3 Å². The highest BCUT2D eigenvalue weighted by atomic mass is 19.1. The zero-order valence-electron chi connectivity index (χ0n) is 16.2. The minimum atomic E-state index is -0.337. The quantitative estimate of drug-likeness (QED) is 0.633. The van der Waals surface area contributed by atoms with Crippen molar-refractivity contribution in [3.8, 4) is 11.5 Å². The number of nitrogens with one attached hydrogen (secondary N) is 1. The fourth-order valence-electron chi connectivity index (χ4n) is 3.59. The van der Waals surface area contributed by atoms with E-state index in [1.54, 1.807) is 24.3 Å². The van der Waals surface area contributed by atoms with Crippen LogP contribution in [0.4, 0.5) is 4.39 Å². The number of phenols is 1. The van der Waals surface area contributed by atoms with Crippen LogP contribution in [0.3, 0.4) is 0 Å². The van der Waals surface area contributed by atoms with E-state index in [-0.39, 0.29) is 23.8 Å². The number of benzene rings is 3. The molecule has 5 heteroatoms. The summed E-state index contributed by atoms with van der Waals surface area (Å²) >= 11 is 0. The van der Waals surface area contributed by atoms with Crippen molar-refractivity contribution in [1.29, 1.82) is 0 Å². The number of aliphatic imine (C=N–C) groups is 1. The zero-order valence-corrected chi connectivity index (χ0v) is 16.2. The van der Waals surface area contributed by atoms with Gasteiger partial charge in [0.25, 0.3) is 0 Å². The molecule has 0 fully saturated rings. The molecule has 2 atom stereocenters. The van der Waals surface area contributed by atoms with Crippen molar-refractivity contribution in [3.63, 3.8) is 0 Å². The number of hydrogen-bond donors (Lipinski definition) is 2. The van der Waals surface area contributed by atoms with Gasteiger partial charge in [-0.2, -0.15) is 0 Å². The Hall–Kier alpha value is -3.18. The number of rotatable bonds is 5. The molecule has 0 saturated heterocycles. The second-order valence-corrected chi connectivity index (χ2v) is 6.97. The Morgan fingerprint density at radius 2 is 1.76 bits per heavy atom. The minimum absolute atomic E-state index is 0.120. The lowest BCUT2D eigenvalue weighted by molar-refractivity contribution is 0.340. The van der Waals surface area contributed by atoms with Crippen LogP contribution in [-0.2, 0) is 0 Å². The lowest BCUT2D eigenvalue weighted by Gasteiger charge is -2.31. The number of halogens is 1. The molecule has 4 nitrogen and oxygen atoms in total. The van der Waals surface area contributed by atoms with E-state index in [0.29, 0.717) is 13.0 Å². The van der Waals surface area contributed by atoms with Crippen LogP contribution in [0.15, 0.2) is 77.8 Å². The molecule has 2 N–H and O–H groups in total. The summed E-state index contributed by atoms with van der Waals surface area (Å²) in [5.41, 5.74) is 3.62. The molecule has 1 aliphatic rings. The Kier molecular flexibility index (Phi) is 5.58. The van der Waals surface area contributed by atoms with Crippen molar-refractivity contribution < 1.29 is 14.2 Å². The lowest BCUT2D eigenvalue weighted by atomic mass is 9.93. The first-order valence-electron chi connectivity index (χ1n) is 9.73. The summed E-state index contributed by atoms with van der Waals surface area (Å²) in [5.74, 6) is 0.784. The van der Waals surface area contributed by atoms with Gasteiger partial charge in [0.2, 0.25) is 0 Å². The van der Waals surface area contributed by atoms with Crippen LogP contribution < -0.4 is 10.1 Å². The van der Waals surface area contributed by atoms with E-state index in [4.69, 9.17) is 9.73 Å². The van der Waals surface area contributed by atoms with E-state index in [9.17, 15) is 9.50 Å². The van der Waals surface area contributed by atoms with Crippen LogP contribution >= 0.6 is 0 Å². The molecule has 0 bridgehead atoms. The van der Waals surface area contributed by atoms with Gasteiger partial charge in [0, 0.05) is 23.7 Å². The maximum absolute atomic E-state index is 13.4. The SMILES string of the molecule is CCOc1ccc(C2=N[C@H](c3ccc(F)cc3)N[C@@H](c3ccccc3O)C2)cc1. The van der Waals surface area contributed by atoms with Gasteiger partial charge in [0.1, 0.15) is 23.5 Å². The summed E-state index contributed by atoms with van der Waals surface area (Å²) < 4.78 is 18.9. The van der Waals surface area contributed by atoms with Gasteiger partial charge < -0.3 is 9.84 Å². The highest BCUT2D eigenvalue weighted by Gasteiger charge is 2.27. The number of ether oxygens (including phenoxy) is 1. The third-order valence-electron chi connectivity index (χ3n) is 5.04. The fraction of sp³-hybridized carbons (Fsp3) is 0.208. The Bertz CT molecular complexity index is 1000. The molecular formula is C24H23FN2O2. The van der Waals surface area contributed by atoms with Crippen molar-refractivity contribution in [2.24, 2.45) is 4.99 Å². The number of para-hydroxylation sites is 1. The summed E-state index contributed by atoms with van der Waals surface area (Å²) in [7, 11) is 0. The number of aromatic hydroxyl groups is 1. The third kappa shape index (κ3) is 4.30. The molecule has 1 heterocycles. The Balaban J connectivity index is 1.71. The molecule has 3 aromatic carbocycles. The molecule has 0 aliphatic carbocycles. The fourth-order valence-corrected chi connectivity index (χ4v) is 3.59. The summed E-state index contributed by atoms with van der Waals surface area (Å²) in [6, 6.07) is 21.4. The summed E-state index contributed by atoms with van der Waals surface area (Å²) in [4.78, 5) is 4.89. The number of hydrogen-bond acceptors (Lipinski definition) is 4. The molecule has 0 unspecified atom stereocenters. The maximum Gasteiger partial charge on any atom is 0.126 e. The molecule has 148 valence electrons. The second-order valence-electron chi connectivity index (χ2n) is 6.97. The predicted octanol–water partition coefficient (Wildman–Crippen LogP) is 5.15. The van der Waals surface area contributed by atoms with Crippen LogP contribution in [0.5, 0.6) is 11.5 Å². The first-order valence-corrected chi connectivity index (χ1v) is 9.73. The molecule has 4 rings (SSSR count). The standard InChI is InChI=1S/C24H23FN2O2/c1-2-29-19-13-9-16(10-14-19)21-15-22(20-5-3-4-6-23(20)28)27-24(26-21)17-7-11-18(25)12-8-17/h3-14,22,24,27-28H,2,15H2,1H3/t22-,24+/m1/s1. The van der Waals surface area contributed by atoms with Crippen molar-refractivity contribution in [2.75, 3.05) is 6.61 Å². The first-order chi connectivity index (χ1) is 14.1. The highest BCUT2D eigenvalue weighted by molar-refractivity contribution is 6.01. The summed E-state index contributed by atoms with van der Waals surface area (Å²) in [5, 5.41) is 13.8. The molecule has 1 aliphatic heterocycles. The van der Waals surface area contributed by atoms with Gasteiger partial charge in [-0.15, -0.1) is 0 Å². The van der Waals surface area contributed by atoms with Crippen molar-refractivity contribution in [2.45, 2.75) is 25.6 Å². The van der Waals surface area contributed by atoms with Gasteiger partial charge in [-0.1, -0.05) is 30.3 Å². The number of nitrogens with zero attached hydrogens (tertiary/aromatic N) is 1. The number of phenolic OH excluding ortho intramolecular Hbond substituents is 1. The van der Waals surface area contributed by atoms with Gasteiger partial charge in [-0.05, 0) is 60.5 Å². The average molecular weight is 390 g/mol. The van der Waals surface area contributed by atoms with Crippen LogP contribution in [0, 0.1) is 5.82 Å². The zero-order chi connectivity index (χ0) is 20.2. The molecule has 0 aromatic heterocycles. The Morgan fingerprint density at radius 1 is 1.03 bits per heavy atom. The van der Waals surface area contributed by atoms with Crippen molar-refractivity contribution in [1.82, 2.24) is 5.32 Å². The predicted molar refractivity (Wildman–Crippen MR) is 112 cm³/mol. The second kappa shape index (κ2) is 8.45. The smallest absolute Gasteiger partial charge is 0.126 e. The minimum Gasteiger partial charge on any atom is -0.508 e. The average Bonchev–Trinajstić information content (AvgIpc) is 2.75. The molecule has 29 heavy (non-hydrogen) atoms. The van der Waals surface area contributed by atoms with Crippen molar-refractivity contribution in [3.05, 3.63) is 95.3 Å². The van der Waals surface area contributed by atoms with Crippen molar-refractivity contribution >= 4 is 5.71 Å². The lowest BCUT2D eigenvalue weighted by Crippen LogP contribution is -2.33. The first kappa shape index (κ1) is 19.2. The van der Waals surface area contributed by atoms with Gasteiger partial charge >= 0.3 is 0 Å². The van der Waals surface area contributed by atoms with Crippen LogP contribution in [0.25, 0.3) is 0 Å². The third-order valence-corrected chi connectivity index (χ3v) is 5.04. The molecule has 0 spiro atoms. The van der Waals surface area contributed by atoms with E-state index in [0.717, 1.165) is 28.2 Å². The van der Waals surface area contributed by atoms with Crippen LogP contribution in [0.2, 0.25) is 0 Å².